The van der Waals surface area contributed by atoms with E-state index in [1.165, 1.54) is 0 Å². The van der Waals surface area contributed by atoms with Gasteiger partial charge in [0.1, 0.15) is 0 Å². The lowest BCUT2D eigenvalue weighted by Crippen LogP contribution is -2.28. The highest BCUT2D eigenvalue weighted by atomic mass is 16.5. The maximum Gasteiger partial charge on any atom is 0.312 e. The van der Waals surface area contributed by atoms with Crippen molar-refractivity contribution in [2.24, 2.45) is 11.1 Å². The van der Waals surface area contributed by atoms with Gasteiger partial charge in [-0.15, -0.1) is 0 Å². The Bertz CT molecular complexity index is 1040. The lowest BCUT2D eigenvalue weighted by atomic mass is 9.92. The molecule has 1 aromatic heterocycles. The Labute approximate surface area is 174 Å². The van der Waals surface area contributed by atoms with Gasteiger partial charge in [-0.05, 0) is 35.2 Å². The zero-order chi connectivity index (χ0) is 21.7. The number of benzene rings is 2. The highest BCUT2D eigenvalue weighted by Crippen LogP contribution is 2.23. The fourth-order valence-electron chi connectivity index (χ4n) is 2.80. The smallest absolute Gasteiger partial charge is 0.312 e. The van der Waals surface area contributed by atoms with Crippen molar-refractivity contribution in [3.63, 3.8) is 0 Å². The SMILES string of the molecule is CC(C)(C)Cc1nc(-c2cccc(C(=O)Nc3ccc(CNC(N)=O)cc3)c2)no1. The number of nitrogens with one attached hydrogen (secondary N) is 2. The second kappa shape index (κ2) is 8.77. The molecule has 156 valence electrons. The molecule has 30 heavy (non-hydrogen) atoms. The molecule has 0 unspecified atom stereocenters. The number of nitrogens with zero attached hydrogens (tertiary/aromatic N) is 2. The molecule has 3 rings (SSSR count). The van der Waals surface area contributed by atoms with Crippen LogP contribution in [-0.4, -0.2) is 22.1 Å². The molecule has 0 aliphatic rings. The van der Waals surface area contributed by atoms with E-state index in [0.717, 1.165) is 5.56 Å². The van der Waals surface area contributed by atoms with Crippen LogP contribution in [0.1, 0.15) is 42.6 Å². The average Bonchev–Trinajstić information content (AvgIpc) is 3.14. The lowest BCUT2D eigenvalue weighted by molar-refractivity contribution is 0.102. The lowest BCUT2D eigenvalue weighted by Gasteiger charge is -2.13. The summed E-state index contributed by atoms with van der Waals surface area (Å²) in [5.41, 5.74) is 7.80. The van der Waals surface area contributed by atoms with Gasteiger partial charge >= 0.3 is 6.03 Å². The van der Waals surface area contributed by atoms with Gasteiger partial charge in [-0.1, -0.05) is 50.2 Å². The van der Waals surface area contributed by atoms with Gasteiger partial charge in [0.2, 0.25) is 11.7 Å². The first-order chi connectivity index (χ1) is 14.2. The van der Waals surface area contributed by atoms with Crippen molar-refractivity contribution in [1.29, 1.82) is 0 Å². The molecule has 3 amide bonds. The zero-order valence-electron chi connectivity index (χ0n) is 17.2. The zero-order valence-corrected chi connectivity index (χ0v) is 17.2. The van der Waals surface area contributed by atoms with Crippen LogP contribution in [-0.2, 0) is 13.0 Å². The monoisotopic (exact) mass is 407 g/mol. The van der Waals surface area contributed by atoms with Crippen molar-refractivity contribution in [2.75, 3.05) is 5.32 Å². The van der Waals surface area contributed by atoms with E-state index in [2.05, 4.69) is 41.5 Å². The molecule has 0 spiro atoms. The van der Waals surface area contributed by atoms with E-state index in [0.29, 0.717) is 41.5 Å². The normalized spacial score (nSPS) is 11.2. The number of aromatic nitrogens is 2. The number of hydrogen-bond acceptors (Lipinski definition) is 5. The Morgan fingerprint density at radius 1 is 1.10 bits per heavy atom. The molecule has 4 N–H and O–H groups in total. The highest BCUT2D eigenvalue weighted by Gasteiger charge is 2.18. The standard InChI is InChI=1S/C22H25N5O3/c1-22(2,3)12-18-26-19(27-30-18)15-5-4-6-16(11-15)20(28)25-17-9-7-14(8-10-17)13-24-21(23)29/h4-11H,12-13H2,1-3H3,(H,25,28)(H3,23,24,29). The fourth-order valence-corrected chi connectivity index (χ4v) is 2.80. The van der Waals surface area contributed by atoms with Crippen LogP contribution in [0.4, 0.5) is 10.5 Å². The van der Waals surface area contributed by atoms with E-state index in [1.807, 2.05) is 6.07 Å². The second-order valence-corrected chi connectivity index (χ2v) is 8.20. The maximum atomic E-state index is 12.6. The van der Waals surface area contributed by atoms with Gasteiger partial charge in [0.05, 0.1) is 0 Å². The number of carbonyl (C=O) groups excluding carboxylic acids is 2. The van der Waals surface area contributed by atoms with Crippen LogP contribution >= 0.6 is 0 Å². The van der Waals surface area contributed by atoms with Crippen LogP contribution in [0.5, 0.6) is 0 Å². The Kier molecular flexibility index (Phi) is 6.15. The summed E-state index contributed by atoms with van der Waals surface area (Å²) in [6.07, 6.45) is 0.672. The summed E-state index contributed by atoms with van der Waals surface area (Å²) >= 11 is 0. The van der Waals surface area contributed by atoms with E-state index < -0.39 is 6.03 Å². The summed E-state index contributed by atoms with van der Waals surface area (Å²) in [7, 11) is 0. The number of carbonyl (C=O) groups is 2. The summed E-state index contributed by atoms with van der Waals surface area (Å²) < 4.78 is 5.34. The third-order valence-corrected chi connectivity index (χ3v) is 4.21. The van der Waals surface area contributed by atoms with Gasteiger partial charge in [0.15, 0.2) is 0 Å². The molecule has 8 heteroatoms. The average molecular weight is 407 g/mol. The molecule has 0 radical (unpaired) electrons. The van der Waals surface area contributed by atoms with Crippen LogP contribution in [0.25, 0.3) is 11.4 Å². The highest BCUT2D eigenvalue weighted by molar-refractivity contribution is 6.04. The van der Waals surface area contributed by atoms with Crippen molar-refractivity contribution < 1.29 is 14.1 Å². The largest absolute Gasteiger partial charge is 0.352 e. The van der Waals surface area contributed by atoms with Crippen LogP contribution < -0.4 is 16.4 Å². The van der Waals surface area contributed by atoms with Crippen molar-refractivity contribution >= 4 is 17.6 Å². The molecular weight excluding hydrogens is 382 g/mol. The topological polar surface area (TPSA) is 123 Å². The third-order valence-electron chi connectivity index (χ3n) is 4.21. The van der Waals surface area contributed by atoms with E-state index in [9.17, 15) is 9.59 Å². The molecule has 0 bridgehead atoms. The Morgan fingerprint density at radius 3 is 2.50 bits per heavy atom. The molecule has 1 heterocycles. The number of hydrogen-bond donors (Lipinski definition) is 3. The van der Waals surface area contributed by atoms with Crippen LogP contribution in [0.15, 0.2) is 53.1 Å². The minimum absolute atomic E-state index is 0.0387. The quantitative estimate of drug-likeness (QED) is 0.574. The summed E-state index contributed by atoms with van der Waals surface area (Å²) in [6.45, 7) is 6.63. The number of amides is 3. The number of anilines is 1. The van der Waals surface area contributed by atoms with Crippen molar-refractivity contribution in [3.05, 3.63) is 65.5 Å². The number of primary amides is 1. The second-order valence-electron chi connectivity index (χ2n) is 8.20. The molecule has 0 saturated heterocycles. The minimum Gasteiger partial charge on any atom is -0.352 e. The predicted octanol–water partition coefficient (Wildman–Crippen LogP) is 3.75. The van der Waals surface area contributed by atoms with Crippen LogP contribution in [0, 0.1) is 5.41 Å². The minimum atomic E-state index is -0.584. The van der Waals surface area contributed by atoms with Gasteiger partial charge in [-0.25, -0.2) is 4.79 Å². The van der Waals surface area contributed by atoms with E-state index in [4.69, 9.17) is 10.3 Å². The van der Waals surface area contributed by atoms with Gasteiger partial charge in [0, 0.05) is 29.8 Å². The van der Waals surface area contributed by atoms with Crippen LogP contribution in [0.2, 0.25) is 0 Å². The van der Waals surface area contributed by atoms with E-state index in [-0.39, 0.29) is 11.3 Å². The van der Waals surface area contributed by atoms with Crippen molar-refractivity contribution in [2.45, 2.75) is 33.7 Å². The molecular formula is C22H25N5O3. The molecule has 0 aliphatic carbocycles. The molecule has 0 saturated carbocycles. The Morgan fingerprint density at radius 2 is 1.83 bits per heavy atom. The fraction of sp³-hybridized carbons (Fsp3) is 0.273. The summed E-state index contributed by atoms with van der Waals surface area (Å²) in [6, 6.07) is 13.6. The summed E-state index contributed by atoms with van der Waals surface area (Å²) in [5.74, 6) is 0.770. The first kappa shape index (κ1) is 21.0. The summed E-state index contributed by atoms with van der Waals surface area (Å²) in [4.78, 5) is 27.9. The number of nitrogens with two attached hydrogens (primary N) is 1. The van der Waals surface area contributed by atoms with Crippen molar-refractivity contribution in [1.82, 2.24) is 15.5 Å². The molecule has 0 aliphatic heterocycles. The predicted molar refractivity (Wildman–Crippen MR) is 114 cm³/mol. The third kappa shape index (κ3) is 5.91. The van der Waals surface area contributed by atoms with Gasteiger partial charge < -0.3 is 20.9 Å². The summed E-state index contributed by atoms with van der Waals surface area (Å²) in [5, 5.41) is 9.40. The molecule has 3 aromatic rings. The molecule has 8 nitrogen and oxygen atoms in total. The van der Waals surface area contributed by atoms with Gasteiger partial charge in [-0.2, -0.15) is 4.98 Å². The first-order valence-corrected chi connectivity index (χ1v) is 9.56. The Hall–Kier alpha value is -3.68. The number of urea groups is 1. The van der Waals surface area contributed by atoms with E-state index >= 15 is 0 Å². The first-order valence-electron chi connectivity index (χ1n) is 9.56. The van der Waals surface area contributed by atoms with Gasteiger partial charge in [-0.3, -0.25) is 4.79 Å². The van der Waals surface area contributed by atoms with E-state index in [1.54, 1.807) is 42.5 Å². The number of rotatable bonds is 6. The molecule has 0 fully saturated rings. The van der Waals surface area contributed by atoms with Crippen LogP contribution in [0.3, 0.4) is 0 Å². The maximum absolute atomic E-state index is 12.6. The molecule has 0 atom stereocenters. The van der Waals surface area contributed by atoms with Crippen molar-refractivity contribution in [3.8, 4) is 11.4 Å². The van der Waals surface area contributed by atoms with Gasteiger partial charge in [0.25, 0.3) is 5.91 Å². The molecule has 2 aromatic carbocycles. The Balaban J connectivity index is 1.68.